The highest BCUT2D eigenvalue weighted by atomic mass is 19.3. The predicted octanol–water partition coefficient (Wildman–Crippen LogP) is 3.78. The Labute approximate surface area is 224 Å². The van der Waals surface area contributed by atoms with Gasteiger partial charge in [-0.3, -0.25) is 10.2 Å². The topological polar surface area (TPSA) is 109 Å². The summed E-state index contributed by atoms with van der Waals surface area (Å²) in [6.07, 6.45) is -2.44. The molecule has 1 unspecified atom stereocenters. The second kappa shape index (κ2) is 8.92. The summed E-state index contributed by atoms with van der Waals surface area (Å²) in [7, 11) is 0. The smallest absolute Gasteiger partial charge is 0.395 e. The van der Waals surface area contributed by atoms with E-state index in [1.807, 2.05) is 18.2 Å². The number of amidine groups is 1. The molecule has 0 spiro atoms. The zero-order valence-electron chi connectivity index (χ0n) is 22.0. The van der Waals surface area contributed by atoms with Crippen molar-refractivity contribution in [2.45, 2.75) is 76.2 Å². The van der Waals surface area contributed by atoms with Crippen molar-refractivity contribution in [3.05, 3.63) is 59.3 Å². The van der Waals surface area contributed by atoms with Gasteiger partial charge in [0, 0.05) is 41.4 Å². The standard InChI is InChI=1S/C28H31F2N5O4/c1-26(2,3)23-12-17-10-16(4-6-20(17)35(23)15-19(36)14-25-31-33-34-32-25)11-24(37)27(8-9-27)18-5-7-21-22(13-18)39-28(29,30)38-21/h4-7,10,12-13,19,33-34,36H,8-9,11,14-15H2,1-3H3,(H,31,32). The fourth-order valence-electron chi connectivity index (χ4n) is 5.52. The lowest BCUT2D eigenvalue weighted by molar-refractivity contribution is -0.286. The van der Waals surface area contributed by atoms with Crippen molar-refractivity contribution in [1.29, 1.82) is 0 Å². The van der Waals surface area contributed by atoms with Gasteiger partial charge in [0.25, 0.3) is 0 Å². The first-order valence-corrected chi connectivity index (χ1v) is 13.0. The van der Waals surface area contributed by atoms with Crippen molar-refractivity contribution in [2.75, 3.05) is 0 Å². The Kier molecular flexibility index (Phi) is 5.85. The lowest BCUT2D eigenvalue weighted by atomic mass is 9.87. The fourth-order valence-corrected chi connectivity index (χ4v) is 5.52. The summed E-state index contributed by atoms with van der Waals surface area (Å²) in [5, 5.41) is 15.8. The van der Waals surface area contributed by atoms with Crippen LogP contribution in [0.1, 0.15) is 56.9 Å². The number of nitrogens with one attached hydrogen (secondary N) is 3. The van der Waals surface area contributed by atoms with Crippen molar-refractivity contribution in [3.63, 3.8) is 0 Å². The maximum Gasteiger partial charge on any atom is 0.586 e. The third kappa shape index (κ3) is 4.80. The summed E-state index contributed by atoms with van der Waals surface area (Å²) >= 11 is 0. The number of benzene rings is 2. The average molecular weight is 540 g/mol. The Bertz CT molecular complexity index is 1490. The number of ether oxygens (including phenoxy) is 2. The van der Waals surface area contributed by atoms with Crippen LogP contribution in [0, 0.1) is 0 Å². The van der Waals surface area contributed by atoms with Crippen molar-refractivity contribution in [3.8, 4) is 11.5 Å². The minimum atomic E-state index is -3.69. The molecule has 1 atom stereocenters. The first kappa shape index (κ1) is 25.6. The van der Waals surface area contributed by atoms with Crippen molar-refractivity contribution in [2.24, 2.45) is 5.10 Å². The van der Waals surface area contributed by atoms with Crippen LogP contribution >= 0.6 is 0 Å². The Balaban J connectivity index is 1.24. The number of hydrazone groups is 1. The van der Waals surface area contributed by atoms with Gasteiger partial charge in [-0.1, -0.05) is 32.9 Å². The first-order valence-electron chi connectivity index (χ1n) is 13.0. The van der Waals surface area contributed by atoms with E-state index in [1.165, 1.54) is 12.1 Å². The van der Waals surface area contributed by atoms with Crippen LogP contribution in [0.15, 0.2) is 47.6 Å². The lowest BCUT2D eigenvalue weighted by Gasteiger charge is -2.23. The number of hydrogen-bond donors (Lipinski definition) is 4. The van der Waals surface area contributed by atoms with Gasteiger partial charge in [-0.25, -0.2) is 5.53 Å². The molecule has 1 aliphatic carbocycles. The van der Waals surface area contributed by atoms with Gasteiger partial charge in [0.1, 0.15) is 11.6 Å². The molecule has 1 fully saturated rings. The Morgan fingerprint density at radius 3 is 2.59 bits per heavy atom. The van der Waals surface area contributed by atoms with Crippen molar-refractivity contribution >= 4 is 22.5 Å². The van der Waals surface area contributed by atoms with Crippen molar-refractivity contribution < 1.29 is 28.2 Å². The highest BCUT2D eigenvalue weighted by Crippen LogP contribution is 2.52. The number of carbonyl (C=O) groups excluding carboxylic acids is 1. The zero-order chi connectivity index (χ0) is 27.6. The van der Waals surface area contributed by atoms with Gasteiger partial charge in [-0.05, 0) is 54.3 Å². The highest BCUT2D eigenvalue weighted by molar-refractivity contribution is 5.95. The van der Waals surface area contributed by atoms with E-state index in [1.54, 1.807) is 6.07 Å². The number of Topliss-reactive ketones (excluding diaryl/α,β-unsaturated/α-hetero) is 1. The molecule has 0 amide bonds. The molecule has 1 aromatic heterocycles. The molecule has 39 heavy (non-hydrogen) atoms. The number of fused-ring (bicyclic) bond motifs is 2. The summed E-state index contributed by atoms with van der Waals surface area (Å²) < 4.78 is 38.2. The predicted molar refractivity (Wildman–Crippen MR) is 140 cm³/mol. The summed E-state index contributed by atoms with van der Waals surface area (Å²) in [5.41, 5.74) is 10.9. The number of ketones is 1. The van der Waals surface area contributed by atoms with E-state index in [9.17, 15) is 18.7 Å². The number of hydrazine groups is 2. The first-order chi connectivity index (χ1) is 18.4. The SMILES string of the molecule is CC(C)(C)c1cc2cc(CC(=O)C3(c4ccc5c(c4)OC(F)(F)O5)CC3)ccc2n1CC(O)CC1=NNNN1. The van der Waals surface area contributed by atoms with E-state index in [2.05, 4.69) is 62.5 Å². The average Bonchev–Trinajstić information content (AvgIpc) is 3.18. The molecule has 3 aliphatic rings. The molecule has 0 bridgehead atoms. The number of carbonyl (C=O) groups is 1. The van der Waals surface area contributed by atoms with E-state index in [-0.39, 0.29) is 29.1 Å². The number of halogens is 2. The third-order valence-corrected chi connectivity index (χ3v) is 7.61. The minimum Gasteiger partial charge on any atom is -0.395 e. The second-order valence-corrected chi connectivity index (χ2v) is 11.6. The van der Waals surface area contributed by atoms with Crippen LogP contribution in [0.2, 0.25) is 0 Å². The number of rotatable bonds is 8. The van der Waals surface area contributed by atoms with Gasteiger partial charge in [-0.2, -0.15) is 0 Å². The summed E-state index contributed by atoms with van der Waals surface area (Å²) in [6.45, 7) is 6.77. The molecule has 4 N–H and O–H groups in total. The maximum absolute atomic E-state index is 13.5. The molecule has 206 valence electrons. The molecule has 0 radical (unpaired) electrons. The quantitative estimate of drug-likeness (QED) is 0.345. The van der Waals surface area contributed by atoms with Crippen LogP contribution < -0.4 is 26.0 Å². The van der Waals surface area contributed by atoms with E-state index in [4.69, 9.17) is 0 Å². The fraction of sp³-hybridized carbons (Fsp3) is 0.429. The Morgan fingerprint density at radius 2 is 1.90 bits per heavy atom. The number of alkyl halides is 2. The van der Waals surface area contributed by atoms with Crippen LogP contribution in [0.4, 0.5) is 8.78 Å². The molecule has 3 heterocycles. The molecule has 9 nitrogen and oxygen atoms in total. The van der Waals surface area contributed by atoms with Crippen LogP contribution in [0.5, 0.6) is 11.5 Å². The molecule has 1 saturated carbocycles. The van der Waals surface area contributed by atoms with E-state index >= 15 is 0 Å². The maximum atomic E-state index is 13.5. The largest absolute Gasteiger partial charge is 0.586 e. The molecule has 6 rings (SSSR count). The summed E-state index contributed by atoms with van der Waals surface area (Å²) in [6, 6.07) is 12.7. The van der Waals surface area contributed by atoms with Crippen LogP contribution in [0.25, 0.3) is 10.9 Å². The van der Waals surface area contributed by atoms with Gasteiger partial charge in [0.15, 0.2) is 11.5 Å². The summed E-state index contributed by atoms with van der Waals surface area (Å²) in [5.74, 6) is 0.606. The molecule has 11 heteroatoms. The molecule has 2 aliphatic heterocycles. The van der Waals surface area contributed by atoms with Crippen LogP contribution in [-0.2, 0) is 28.6 Å². The van der Waals surface area contributed by atoms with Crippen molar-refractivity contribution in [1.82, 2.24) is 21.1 Å². The van der Waals surface area contributed by atoms with Gasteiger partial charge in [-0.15, -0.1) is 19.4 Å². The van der Waals surface area contributed by atoms with Crippen LogP contribution in [-0.4, -0.2) is 33.7 Å². The van der Waals surface area contributed by atoms with E-state index in [0.717, 1.165) is 22.2 Å². The zero-order valence-corrected chi connectivity index (χ0v) is 22.0. The molecular weight excluding hydrogens is 508 g/mol. The van der Waals surface area contributed by atoms with Gasteiger partial charge in [0.2, 0.25) is 0 Å². The number of hydrogen-bond acceptors (Lipinski definition) is 8. The number of nitrogens with zero attached hydrogens (tertiary/aromatic N) is 2. The Morgan fingerprint density at radius 1 is 1.13 bits per heavy atom. The highest BCUT2D eigenvalue weighted by Gasteiger charge is 2.52. The summed E-state index contributed by atoms with van der Waals surface area (Å²) in [4.78, 5) is 13.5. The Hall–Kier alpha value is -3.70. The molecular formula is C28H31F2N5O4. The minimum absolute atomic E-state index is 0.0254. The van der Waals surface area contributed by atoms with Gasteiger partial charge in [0.05, 0.1) is 11.5 Å². The van der Waals surface area contributed by atoms with Gasteiger partial charge >= 0.3 is 6.29 Å². The lowest BCUT2D eigenvalue weighted by Crippen LogP contribution is -2.36. The van der Waals surface area contributed by atoms with Gasteiger partial charge < -0.3 is 19.1 Å². The number of aliphatic hydroxyl groups excluding tert-OH is 1. The monoisotopic (exact) mass is 539 g/mol. The third-order valence-electron chi connectivity index (χ3n) is 7.61. The van der Waals surface area contributed by atoms with E-state index < -0.39 is 17.8 Å². The molecule has 3 aromatic rings. The number of aromatic nitrogens is 1. The molecule has 0 saturated heterocycles. The normalized spacial score (nSPS) is 19.4. The van der Waals surface area contributed by atoms with Crippen LogP contribution in [0.3, 0.4) is 0 Å². The second-order valence-electron chi connectivity index (χ2n) is 11.6. The molecule has 2 aromatic carbocycles. The van der Waals surface area contributed by atoms with E-state index in [0.29, 0.717) is 37.2 Å². The number of aliphatic hydroxyl groups is 1.